The summed E-state index contributed by atoms with van der Waals surface area (Å²) in [7, 11) is 1.59. The second kappa shape index (κ2) is 9.25. The summed E-state index contributed by atoms with van der Waals surface area (Å²) >= 11 is 12.3. The van der Waals surface area contributed by atoms with Gasteiger partial charge in [0.15, 0.2) is 6.10 Å². The lowest BCUT2D eigenvalue weighted by molar-refractivity contribution is -0.198. The van der Waals surface area contributed by atoms with Gasteiger partial charge in [0.25, 0.3) is 5.72 Å². The molecule has 10 heteroatoms. The molecule has 2 fully saturated rings. The van der Waals surface area contributed by atoms with Crippen molar-refractivity contribution in [3.8, 4) is 11.5 Å². The number of methoxy groups -OCH3 is 1. The molecule has 3 atom stereocenters. The Hall–Kier alpha value is -1.74. The second-order valence-electron chi connectivity index (χ2n) is 8.22. The Labute approximate surface area is 202 Å². The summed E-state index contributed by atoms with van der Waals surface area (Å²) in [4.78, 5) is 13.2. The van der Waals surface area contributed by atoms with E-state index < -0.39 is 29.4 Å². The van der Waals surface area contributed by atoms with Crippen molar-refractivity contribution in [2.45, 2.75) is 43.7 Å². The quantitative estimate of drug-likeness (QED) is 0.607. The van der Waals surface area contributed by atoms with Crippen LogP contribution in [0.5, 0.6) is 11.5 Å². The van der Waals surface area contributed by atoms with Crippen molar-refractivity contribution in [3.63, 3.8) is 0 Å². The van der Waals surface area contributed by atoms with Crippen LogP contribution in [0.4, 0.5) is 0 Å². The highest BCUT2D eigenvalue weighted by Crippen LogP contribution is 2.42. The molecule has 2 N–H and O–H groups in total. The van der Waals surface area contributed by atoms with Gasteiger partial charge in [0.2, 0.25) is 0 Å². The van der Waals surface area contributed by atoms with E-state index in [0.29, 0.717) is 23.7 Å². The number of cyclic esters (lactones) is 1. The van der Waals surface area contributed by atoms with E-state index in [1.165, 1.54) is 5.01 Å². The largest absolute Gasteiger partial charge is 0.497 e. The number of nitrogens with one attached hydrogen (secondary N) is 1. The molecule has 0 bridgehead atoms. The Kier molecular flexibility index (Phi) is 7.20. The highest BCUT2D eigenvalue weighted by Gasteiger charge is 2.61. The molecule has 0 radical (unpaired) electrons. The second-order valence-corrected chi connectivity index (χ2v) is 9.00. The van der Waals surface area contributed by atoms with Crippen molar-refractivity contribution in [2.75, 3.05) is 13.7 Å². The molecule has 174 valence electrons. The zero-order valence-corrected chi connectivity index (χ0v) is 20.1. The number of hydrogen-bond donors (Lipinski definition) is 2. The number of hydrogen-bond acceptors (Lipinski definition) is 7. The molecule has 0 saturated carbocycles. The van der Waals surface area contributed by atoms with Gasteiger partial charge in [0, 0.05) is 13.0 Å². The number of ether oxygens (including phenoxy) is 3. The van der Waals surface area contributed by atoms with Crippen LogP contribution in [0.15, 0.2) is 42.5 Å². The van der Waals surface area contributed by atoms with E-state index in [4.69, 9.17) is 37.4 Å². The van der Waals surface area contributed by atoms with Crippen molar-refractivity contribution in [2.24, 2.45) is 0 Å². The van der Waals surface area contributed by atoms with Crippen LogP contribution in [0.2, 0.25) is 10.0 Å². The zero-order valence-electron chi connectivity index (χ0n) is 17.8. The van der Waals surface area contributed by atoms with Gasteiger partial charge >= 0.3 is 5.97 Å². The third-order valence-electron chi connectivity index (χ3n) is 5.68. The average molecular weight is 504 g/mol. The molecule has 0 aliphatic carbocycles. The van der Waals surface area contributed by atoms with E-state index in [0.717, 1.165) is 5.56 Å². The first-order valence-corrected chi connectivity index (χ1v) is 10.7. The van der Waals surface area contributed by atoms with Crippen molar-refractivity contribution >= 4 is 41.6 Å². The van der Waals surface area contributed by atoms with Crippen LogP contribution < -0.4 is 14.9 Å². The number of esters is 1. The molecule has 0 spiro atoms. The molecule has 2 aliphatic heterocycles. The van der Waals surface area contributed by atoms with Crippen molar-refractivity contribution in [1.82, 2.24) is 10.4 Å². The number of carbonyl (C=O) groups excluding carboxylic acids is 1. The summed E-state index contributed by atoms with van der Waals surface area (Å²) in [5.74, 6) is 0.185. The minimum absolute atomic E-state index is 0. The summed E-state index contributed by atoms with van der Waals surface area (Å²) in [5.41, 5.74) is 1.30. The van der Waals surface area contributed by atoms with Crippen LogP contribution in [-0.4, -0.2) is 47.1 Å². The van der Waals surface area contributed by atoms with Gasteiger partial charge in [0.05, 0.1) is 17.7 Å². The normalized spacial score (nSPS) is 27.0. The lowest BCUT2D eigenvalue weighted by Crippen LogP contribution is -2.63. The lowest BCUT2D eigenvalue weighted by Gasteiger charge is -2.36. The van der Waals surface area contributed by atoms with Crippen molar-refractivity contribution in [3.05, 3.63) is 58.1 Å². The minimum Gasteiger partial charge on any atom is -0.497 e. The third kappa shape index (κ3) is 4.25. The van der Waals surface area contributed by atoms with Gasteiger partial charge in [-0.15, -0.1) is 12.4 Å². The third-order valence-corrected chi connectivity index (χ3v) is 6.48. The minimum atomic E-state index is -2.04. The van der Waals surface area contributed by atoms with Crippen molar-refractivity contribution in [1.29, 1.82) is 0 Å². The monoisotopic (exact) mass is 502 g/mol. The number of hydrazine groups is 1. The fourth-order valence-corrected chi connectivity index (χ4v) is 4.39. The van der Waals surface area contributed by atoms with Crippen LogP contribution >= 0.6 is 35.6 Å². The Morgan fingerprint density at radius 2 is 1.88 bits per heavy atom. The molecule has 2 heterocycles. The highest BCUT2D eigenvalue weighted by atomic mass is 35.5. The molecule has 2 saturated heterocycles. The fraction of sp³-hybridized carbons (Fsp3) is 0.409. The number of fused-ring (bicyclic) bond motifs is 1. The standard InChI is InChI=1S/C22H24Cl2N2O5.ClH/c1-21(2)19(13-7-9-14(29-3)10-8-13)31-20(27)22(28)17(11-12-26(22)25-21)30-16-6-4-5-15(23)18(16)24;/h4-10,17,19,25,28H,11-12H2,1-3H3;1H/t17-,19-,22-;/m1./s1. The van der Waals surface area contributed by atoms with Gasteiger partial charge in [-0.25, -0.2) is 15.2 Å². The number of nitrogens with zero attached hydrogens (tertiary/aromatic N) is 1. The fourth-order valence-electron chi connectivity index (χ4n) is 4.05. The van der Waals surface area contributed by atoms with Gasteiger partial charge in [-0.1, -0.05) is 41.4 Å². The first-order chi connectivity index (χ1) is 14.7. The topological polar surface area (TPSA) is 80.3 Å². The van der Waals surface area contributed by atoms with Crippen LogP contribution in [0.1, 0.15) is 31.9 Å². The molecule has 0 aromatic heterocycles. The molecule has 4 rings (SSSR count). The van der Waals surface area contributed by atoms with Gasteiger partial charge in [-0.3, -0.25) is 0 Å². The molecule has 2 aromatic carbocycles. The number of aliphatic hydroxyl groups is 1. The Bertz CT molecular complexity index is 988. The molecule has 0 amide bonds. The first-order valence-electron chi connectivity index (χ1n) is 9.90. The maximum absolute atomic E-state index is 13.2. The van der Waals surface area contributed by atoms with E-state index >= 15 is 0 Å². The summed E-state index contributed by atoms with van der Waals surface area (Å²) in [6.45, 7) is 4.18. The number of halogens is 3. The maximum atomic E-state index is 13.2. The Morgan fingerprint density at radius 1 is 1.19 bits per heavy atom. The summed E-state index contributed by atoms with van der Waals surface area (Å²) in [5, 5.41) is 13.5. The predicted octanol–water partition coefficient (Wildman–Crippen LogP) is 4.15. The molecule has 0 unspecified atom stereocenters. The number of rotatable bonds is 4. The Morgan fingerprint density at radius 3 is 2.53 bits per heavy atom. The molecule has 32 heavy (non-hydrogen) atoms. The molecule has 2 aliphatic rings. The number of carbonyl (C=O) groups is 1. The molecular formula is C22H25Cl3N2O5. The zero-order chi connectivity index (χ0) is 22.4. The van der Waals surface area contributed by atoms with E-state index in [1.54, 1.807) is 37.4 Å². The van der Waals surface area contributed by atoms with Gasteiger partial charge < -0.3 is 19.3 Å². The van der Waals surface area contributed by atoms with E-state index in [1.807, 2.05) is 26.0 Å². The van der Waals surface area contributed by atoms with Gasteiger partial charge in [-0.2, -0.15) is 0 Å². The maximum Gasteiger partial charge on any atom is 0.359 e. The van der Waals surface area contributed by atoms with Crippen molar-refractivity contribution < 1.29 is 24.1 Å². The molecular weight excluding hydrogens is 479 g/mol. The Balaban J connectivity index is 0.00000289. The van der Waals surface area contributed by atoms with Crippen LogP contribution in [0, 0.1) is 0 Å². The van der Waals surface area contributed by atoms with E-state index in [9.17, 15) is 9.90 Å². The summed E-state index contributed by atoms with van der Waals surface area (Å²) < 4.78 is 17.0. The first kappa shape index (κ1) is 24.9. The smallest absolute Gasteiger partial charge is 0.359 e. The van der Waals surface area contributed by atoms with E-state index in [-0.39, 0.29) is 23.2 Å². The summed E-state index contributed by atoms with van der Waals surface area (Å²) in [6.07, 6.45) is -1.19. The molecule has 2 aromatic rings. The highest BCUT2D eigenvalue weighted by molar-refractivity contribution is 6.42. The average Bonchev–Trinajstić information content (AvgIpc) is 3.01. The van der Waals surface area contributed by atoms with Crippen LogP contribution in [0.3, 0.4) is 0 Å². The van der Waals surface area contributed by atoms with E-state index in [2.05, 4.69) is 5.43 Å². The summed E-state index contributed by atoms with van der Waals surface area (Å²) in [6, 6.07) is 12.2. The number of benzene rings is 2. The predicted molar refractivity (Wildman–Crippen MR) is 123 cm³/mol. The SMILES string of the molecule is COc1ccc([C@H]2OC(=O)[C@]3(O)[C@H](Oc4cccc(Cl)c4Cl)CCN3NC2(C)C)cc1.Cl. The van der Waals surface area contributed by atoms with Gasteiger partial charge in [-0.05, 0) is 43.7 Å². The molecule has 7 nitrogen and oxygen atoms in total. The lowest BCUT2D eigenvalue weighted by atomic mass is 9.91. The van der Waals surface area contributed by atoms with Crippen LogP contribution in [0.25, 0.3) is 0 Å². The van der Waals surface area contributed by atoms with Gasteiger partial charge in [0.1, 0.15) is 22.6 Å². The van der Waals surface area contributed by atoms with Crippen LogP contribution in [-0.2, 0) is 9.53 Å².